The molecule has 0 spiro atoms. The molecule has 2 aromatic heterocycles. The second-order valence-corrected chi connectivity index (χ2v) is 6.86. The second-order valence-electron chi connectivity index (χ2n) is 6.86. The number of nitrogens with one attached hydrogen (secondary N) is 1. The number of hydrogen-bond acceptors (Lipinski definition) is 5. The van der Waals surface area contributed by atoms with Gasteiger partial charge in [0.2, 0.25) is 11.7 Å². The van der Waals surface area contributed by atoms with Crippen LogP contribution in [0.15, 0.2) is 47.1 Å². The minimum Gasteiger partial charge on any atom is -0.334 e. The first-order chi connectivity index (χ1) is 11.8. The number of aryl methyl sites for hydroxylation is 1. The number of carbonyl (C=O) groups is 1. The molecule has 0 aliphatic carbocycles. The van der Waals surface area contributed by atoms with Crippen LogP contribution in [-0.2, 0) is 4.79 Å². The Morgan fingerprint density at radius 2 is 1.88 bits per heavy atom. The first-order valence-corrected chi connectivity index (χ1v) is 8.02. The fourth-order valence-corrected chi connectivity index (χ4v) is 2.14. The van der Waals surface area contributed by atoms with Crippen LogP contribution in [0, 0.1) is 12.3 Å². The molecule has 6 heteroatoms. The molecule has 25 heavy (non-hydrogen) atoms. The maximum Gasteiger partial charge on any atom is 0.260 e. The molecule has 1 amide bonds. The Kier molecular flexibility index (Phi) is 4.35. The summed E-state index contributed by atoms with van der Waals surface area (Å²) in [6.45, 7) is 7.50. The van der Waals surface area contributed by atoms with Gasteiger partial charge in [0.15, 0.2) is 0 Å². The van der Waals surface area contributed by atoms with Crippen molar-refractivity contribution in [1.82, 2.24) is 15.1 Å². The van der Waals surface area contributed by atoms with E-state index in [4.69, 9.17) is 4.52 Å². The predicted molar refractivity (Wildman–Crippen MR) is 95.8 cm³/mol. The van der Waals surface area contributed by atoms with Crippen LogP contribution in [0.5, 0.6) is 0 Å². The Balaban J connectivity index is 1.93. The fraction of sp³-hybridized carbons (Fsp3) is 0.263. The van der Waals surface area contributed by atoms with Gasteiger partial charge in [-0.15, -0.1) is 0 Å². The van der Waals surface area contributed by atoms with Crippen molar-refractivity contribution >= 4 is 11.6 Å². The molecular formula is C19H20N4O2. The maximum atomic E-state index is 12.3. The highest BCUT2D eigenvalue weighted by molar-refractivity contribution is 5.97. The van der Waals surface area contributed by atoms with E-state index in [-0.39, 0.29) is 5.91 Å². The third kappa shape index (κ3) is 3.74. The third-order valence-corrected chi connectivity index (χ3v) is 3.68. The molecule has 0 aliphatic rings. The zero-order valence-electron chi connectivity index (χ0n) is 14.7. The van der Waals surface area contributed by atoms with Crippen molar-refractivity contribution < 1.29 is 9.32 Å². The van der Waals surface area contributed by atoms with E-state index >= 15 is 0 Å². The zero-order valence-corrected chi connectivity index (χ0v) is 14.7. The highest BCUT2D eigenvalue weighted by Gasteiger charge is 2.23. The van der Waals surface area contributed by atoms with Crippen LogP contribution < -0.4 is 5.32 Å². The van der Waals surface area contributed by atoms with Gasteiger partial charge in [0.05, 0.1) is 11.3 Å². The Hall–Kier alpha value is -3.02. The number of benzene rings is 1. The molecule has 0 fully saturated rings. The topological polar surface area (TPSA) is 80.9 Å². The quantitative estimate of drug-likeness (QED) is 0.779. The molecule has 3 aromatic rings. The van der Waals surface area contributed by atoms with E-state index in [0.717, 1.165) is 11.3 Å². The van der Waals surface area contributed by atoms with Gasteiger partial charge in [-0.2, -0.15) is 4.98 Å². The highest BCUT2D eigenvalue weighted by Crippen LogP contribution is 2.29. The highest BCUT2D eigenvalue weighted by atomic mass is 16.5. The average molecular weight is 336 g/mol. The van der Waals surface area contributed by atoms with Gasteiger partial charge in [-0.3, -0.25) is 9.78 Å². The number of pyridine rings is 1. The standard InChI is InChI=1S/C19H20N4O2/c1-12-9-10-13(11-20-12)16-22-17(25-23-16)14-7-5-6-8-15(14)21-18(24)19(2,3)4/h5-11H,1-4H3,(H,21,24). The summed E-state index contributed by atoms with van der Waals surface area (Å²) in [5.74, 6) is 0.724. The number of aromatic nitrogens is 3. The summed E-state index contributed by atoms with van der Waals surface area (Å²) in [6, 6.07) is 11.1. The largest absolute Gasteiger partial charge is 0.334 e. The SMILES string of the molecule is Cc1ccc(-c2noc(-c3ccccc3NC(=O)C(C)(C)C)n2)cn1. The summed E-state index contributed by atoms with van der Waals surface area (Å²) in [6.07, 6.45) is 1.71. The zero-order chi connectivity index (χ0) is 18.0. The van der Waals surface area contributed by atoms with Crippen LogP contribution in [-0.4, -0.2) is 21.0 Å². The van der Waals surface area contributed by atoms with Gasteiger partial charge in [-0.25, -0.2) is 0 Å². The lowest BCUT2D eigenvalue weighted by atomic mass is 9.95. The Morgan fingerprint density at radius 3 is 2.56 bits per heavy atom. The molecule has 128 valence electrons. The summed E-state index contributed by atoms with van der Waals surface area (Å²) < 4.78 is 5.40. The molecule has 0 bridgehead atoms. The van der Waals surface area contributed by atoms with E-state index < -0.39 is 5.41 Å². The van der Waals surface area contributed by atoms with Crippen LogP contribution in [0.3, 0.4) is 0 Å². The van der Waals surface area contributed by atoms with Gasteiger partial charge < -0.3 is 9.84 Å². The van der Waals surface area contributed by atoms with Crippen molar-refractivity contribution in [3.63, 3.8) is 0 Å². The van der Waals surface area contributed by atoms with Gasteiger partial charge in [0, 0.05) is 22.9 Å². The molecule has 0 aliphatic heterocycles. The molecule has 6 nitrogen and oxygen atoms in total. The number of para-hydroxylation sites is 1. The lowest BCUT2D eigenvalue weighted by molar-refractivity contribution is -0.123. The molecule has 0 unspecified atom stereocenters. The normalized spacial score (nSPS) is 11.4. The second kappa shape index (κ2) is 6.47. The van der Waals surface area contributed by atoms with E-state index in [1.807, 2.05) is 64.1 Å². The minimum atomic E-state index is -0.499. The third-order valence-electron chi connectivity index (χ3n) is 3.68. The number of nitrogens with zero attached hydrogens (tertiary/aromatic N) is 3. The Labute approximate surface area is 146 Å². The van der Waals surface area contributed by atoms with Crippen molar-refractivity contribution in [2.75, 3.05) is 5.32 Å². The molecule has 2 heterocycles. The number of anilines is 1. The molecule has 1 N–H and O–H groups in total. The Morgan fingerprint density at radius 1 is 1.12 bits per heavy atom. The van der Waals surface area contributed by atoms with Crippen LogP contribution in [0.4, 0.5) is 5.69 Å². The van der Waals surface area contributed by atoms with Crippen molar-refractivity contribution in [3.8, 4) is 22.8 Å². The first-order valence-electron chi connectivity index (χ1n) is 8.02. The van der Waals surface area contributed by atoms with Crippen molar-refractivity contribution in [2.45, 2.75) is 27.7 Å². The van der Waals surface area contributed by atoms with Crippen molar-refractivity contribution in [1.29, 1.82) is 0 Å². The summed E-state index contributed by atoms with van der Waals surface area (Å²) >= 11 is 0. The lowest BCUT2D eigenvalue weighted by Crippen LogP contribution is -2.27. The maximum absolute atomic E-state index is 12.3. The van der Waals surface area contributed by atoms with Crippen LogP contribution in [0.2, 0.25) is 0 Å². The number of amides is 1. The molecule has 0 atom stereocenters. The van der Waals surface area contributed by atoms with E-state index in [0.29, 0.717) is 23.0 Å². The minimum absolute atomic E-state index is 0.0811. The van der Waals surface area contributed by atoms with Crippen LogP contribution in [0.25, 0.3) is 22.8 Å². The smallest absolute Gasteiger partial charge is 0.260 e. The van der Waals surface area contributed by atoms with Crippen molar-refractivity contribution in [2.24, 2.45) is 5.41 Å². The summed E-state index contributed by atoms with van der Waals surface area (Å²) in [4.78, 5) is 21.0. The monoisotopic (exact) mass is 336 g/mol. The van der Waals surface area contributed by atoms with Crippen LogP contribution in [0.1, 0.15) is 26.5 Å². The summed E-state index contributed by atoms with van der Waals surface area (Å²) in [5.41, 5.74) is 2.51. The average Bonchev–Trinajstić information content (AvgIpc) is 3.05. The van der Waals surface area contributed by atoms with Gasteiger partial charge >= 0.3 is 0 Å². The Bertz CT molecular complexity index is 892. The molecule has 1 aromatic carbocycles. The van der Waals surface area contributed by atoms with E-state index in [2.05, 4.69) is 20.4 Å². The predicted octanol–water partition coefficient (Wildman–Crippen LogP) is 4.09. The molecule has 0 saturated carbocycles. The number of rotatable bonds is 3. The summed E-state index contributed by atoms with van der Waals surface area (Å²) in [7, 11) is 0. The van der Waals surface area contributed by atoms with Crippen molar-refractivity contribution in [3.05, 3.63) is 48.3 Å². The van der Waals surface area contributed by atoms with Gasteiger partial charge in [0.25, 0.3) is 5.89 Å². The van der Waals surface area contributed by atoms with E-state index in [9.17, 15) is 4.79 Å². The number of carbonyl (C=O) groups excluding carboxylic acids is 1. The molecule has 0 saturated heterocycles. The van der Waals surface area contributed by atoms with E-state index in [1.165, 1.54) is 0 Å². The molecule has 3 rings (SSSR count). The summed E-state index contributed by atoms with van der Waals surface area (Å²) in [5, 5.41) is 6.95. The van der Waals surface area contributed by atoms with Crippen LogP contribution >= 0.6 is 0 Å². The first kappa shape index (κ1) is 16.8. The van der Waals surface area contributed by atoms with Gasteiger partial charge in [0.1, 0.15) is 0 Å². The lowest BCUT2D eigenvalue weighted by Gasteiger charge is -2.18. The van der Waals surface area contributed by atoms with Gasteiger partial charge in [-0.1, -0.05) is 38.1 Å². The molecular weight excluding hydrogens is 316 g/mol. The number of hydrogen-bond donors (Lipinski definition) is 1. The molecule has 0 radical (unpaired) electrons. The van der Waals surface area contributed by atoms with Gasteiger partial charge in [-0.05, 0) is 31.2 Å². The van der Waals surface area contributed by atoms with E-state index in [1.54, 1.807) is 6.20 Å². The fourth-order valence-electron chi connectivity index (χ4n) is 2.14.